The lowest BCUT2D eigenvalue weighted by molar-refractivity contribution is 0.0730. The van der Waals surface area contributed by atoms with Crippen molar-refractivity contribution in [3.63, 3.8) is 0 Å². The number of benzene rings is 1. The maximum Gasteiger partial charge on any atom is 0.259 e. The third-order valence-electron chi connectivity index (χ3n) is 6.89. The molecule has 1 atom stereocenters. The number of carbonyl (C=O) groups excluding carboxylic acids is 1. The Balaban J connectivity index is 1.68. The highest BCUT2D eigenvalue weighted by Crippen LogP contribution is 2.23. The fourth-order valence-corrected chi connectivity index (χ4v) is 5.24. The Kier molecular flexibility index (Phi) is 6.09. The van der Waals surface area contributed by atoms with Crippen molar-refractivity contribution in [1.29, 1.82) is 0 Å². The Labute approximate surface area is 179 Å². The molecule has 0 saturated carbocycles. The molecule has 1 fully saturated rings. The molecule has 0 bridgehead atoms. The Bertz CT molecular complexity index is 994. The van der Waals surface area contributed by atoms with E-state index in [-0.39, 0.29) is 11.3 Å². The van der Waals surface area contributed by atoms with Crippen LogP contribution in [0.3, 0.4) is 0 Å². The van der Waals surface area contributed by atoms with Crippen LogP contribution in [0.5, 0.6) is 0 Å². The predicted octanol–water partition coefficient (Wildman–Crippen LogP) is 3.40. The summed E-state index contributed by atoms with van der Waals surface area (Å²) in [6.07, 6.45) is 3.92. The lowest BCUT2D eigenvalue weighted by atomic mass is 9.98. The van der Waals surface area contributed by atoms with Gasteiger partial charge in [-0.15, -0.1) is 0 Å². The number of fused-ring (bicyclic) bond motifs is 1. The first-order valence-corrected chi connectivity index (χ1v) is 11.4. The van der Waals surface area contributed by atoms with Gasteiger partial charge in [-0.25, -0.2) is 0 Å². The average molecular weight is 408 g/mol. The van der Waals surface area contributed by atoms with Crippen LogP contribution in [-0.2, 0) is 25.9 Å². The number of hydrogen-bond donors (Lipinski definition) is 0. The third kappa shape index (κ3) is 3.83. The van der Waals surface area contributed by atoms with Crippen LogP contribution in [0, 0.1) is 6.92 Å². The number of aromatic nitrogens is 1. The van der Waals surface area contributed by atoms with E-state index in [1.165, 1.54) is 24.0 Å². The number of carbonyl (C=O) groups is 1. The first kappa shape index (κ1) is 20.9. The Morgan fingerprint density at radius 1 is 1.13 bits per heavy atom. The third-order valence-corrected chi connectivity index (χ3v) is 6.89. The second kappa shape index (κ2) is 8.76. The molecule has 1 amide bonds. The van der Waals surface area contributed by atoms with Crippen molar-refractivity contribution >= 4 is 5.91 Å². The van der Waals surface area contributed by atoms with Gasteiger partial charge in [-0.05, 0) is 56.8 Å². The monoisotopic (exact) mass is 407 g/mol. The predicted molar refractivity (Wildman–Crippen MR) is 120 cm³/mol. The molecule has 4 rings (SSSR count). The molecule has 0 spiro atoms. The SMILES string of the molecule is CCc1c(C(=O)N2CCc3ccccc3C2)c(=O)cc(C)n1C[C@@H]1CCCN1CC. The molecule has 0 aliphatic carbocycles. The summed E-state index contributed by atoms with van der Waals surface area (Å²) in [5.41, 5.74) is 4.59. The summed E-state index contributed by atoms with van der Waals surface area (Å²) in [7, 11) is 0. The van der Waals surface area contributed by atoms with Gasteiger partial charge in [0, 0.05) is 43.1 Å². The number of nitrogens with zero attached hydrogens (tertiary/aromatic N) is 3. The standard InChI is InChI=1S/C25H33N3O2/c1-4-22-24(25(30)27-14-12-19-9-6-7-10-20(19)16-27)23(29)15-18(3)28(22)17-21-11-8-13-26(21)5-2/h6-7,9-10,15,21H,4-5,8,11-14,16-17H2,1-3H3/t21-/m0/s1. The second-order valence-corrected chi connectivity index (χ2v) is 8.61. The fourth-order valence-electron chi connectivity index (χ4n) is 5.24. The van der Waals surface area contributed by atoms with Crippen molar-refractivity contribution in [3.8, 4) is 0 Å². The largest absolute Gasteiger partial charge is 0.346 e. The van der Waals surface area contributed by atoms with Crippen LogP contribution in [0.4, 0.5) is 0 Å². The molecule has 1 aromatic heterocycles. The maximum atomic E-state index is 13.5. The number of rotatable bonds is 5. The van der Waals surface area contributed by atoms with Gasteiger partial charge in [0.2, 0.25) is 0 Å². The van der Waals surface area contributed by atoms with Gasteiger partial charge in [-0.2, -0.15) is 0 Å². The van der Waals surface area contributed by atoms with Crippen LogP contribution in [0.1, 0.15) is 59.6 Å². The van der Waals surface area contributed by atoms with Gasteiger partial charge in [0.25, 0.3) is 5.91 Å². The first-order valence-electron chi connectivity index (χ1n) is 11.4. The van der Waals surface area contributed by atoms with Gasteiger partial charge in [0.05, 0.1) is 0 Å². The Morgan fingerprint density at radius 2 is 1.90 bits per heavy atom. The Morgan fingerprint density at radius 3 is 2.63 bits per heavy atom. The summed E-state index contributed by atoms with van der Waals surface area (Å²) in [5, 5.41) is 0. The van der Waals surface area contributed by atoms with Crippen molar-refractivity contribution in [2.45, 2.75) is 65.6 Å². The highest BCUT2D eigenvalue weighted by molar-refractivity contribution is 5.95. The van der Waals surface area contributed by atoms with Gasteiger partial charge in [0.1, 0.15) is 5.56 Å². The molecule has 0 N–H and O–H groups in total. The van der Waals surface area contributed by atoms with E-state index in [1.807, 2.05) is 24.0 Å². The highest BCUT2D eigenvalue weighted by atomic mass is 16.2. The topological polar surface area (TPSA) is 45.6 Å². The second-order valence-electron chi connectivity index (χ2n) is 8.61. The van der Waals surface area contributed by atoms with Crippen molar-refractivity contribution < 1.29 is 4.79 Å². The van der Waals surface area contributed by atoms with Crippen molar-refractivity contribution in [2.24, 2.45) is 0 Å². The van der Waals surface area contributed by atoms with Crippen LogP contribution in [0.2, 0.25) is 0 Å². The maximum absolute atomic E-state index is 13.5. The van der Waals surface area contributed by atoms with Crippen LogP contribution < -0.4 is 5.43 Å². The molecule has 30 heavy (non-hydrogen) atoms. The van der Waals surface area contributed by atoms with E-state index in [9.17, 15) is 9.59 Å². The average Bonchev–Trinajstić information content (AvgIpc) is 3.21. The molecule has 5 heteroatoms. The summed E-state index contributed by atoms with van der Waals surface area (Å²) in [5.74, 6) is -0.112. The zero-order chi connectivity index (χ0) is 21.3. The van der Waals surface area contributed by atoms with E-state index in [2.05, 4.69) is 35.4 Å². The first-order chi connectivity index (χ1) is 14.5. The Hall–Kier alpha value is -2.40. The minimum atomic E-state index is -0.136. The minimum Gasteiger partial charge on any atom is -0.346 e. The van der Waals surface area contributed by atoms with Gasteiger partial charge in [-0.3, -0.25) is 14.5 Å². The molecule has 3 heterocycles. The number of hydrogen-bond acceptors (Lipinski definition) is 3. The zero-order valence-corrected chi connectivity index (χ0v) is 18.5. The molecule has 0 unspecified atom stereocenters. The van der Waals surface area contributed by atoms with Crippen LogP contribution in [0.25, 0.3) is 0 Å². The van der Waals surface area contributed by atoms with Gasteiger partial charge in [0.15, 0.2) is 5.43 Å². The molecule has 1 saturated heterocycles. The van der Waals surface area contributed by atoms with Crippen LogP contribution in [0.15, 0.2) is 35.1 Å². The summed E-state index contributed by atoms with van der Waals surface area (Å²) >= 11 is 0. The van der Waals surface area contributed by atoms with E-state index >= 15 is 0 Å². The number of likely N-dealkylation sites (tertiary alicyclic amines) is 1. The molecular weight excluding hydrogens is 374 g/mol. The summed E-state index contributed by atoms with van der Waals surface area (Å²) < 4.78 is 2.24. The molecule has 0 radical (unpaired) electrons. The molecule has 2 aliphatic heterocycles. The fraction of sp³-hybridized carbons (Fsp3) is 0.520. The smallest absolute Gasteiger partial charge is 0.259 e. The van der Waals surface area contributed by atoms with Crippen molar-refractivity contribution in [1.82, 2.24) is 14.4 Å². The lowest BCUT2D eigenvalue weighted by Crippen LogP contribution is -2.40. The number of amides is 1. The molecule has 1 aromatic carbocycles. The van der Waals surface area contributed by atoms with E-state index in [0.717, 1.165) is 37.4 Å². The minimum absolute atomic E-state index is 0.112. The number of pyridine rings is 1. The summed E-state index contributed by atoms with van der Waals surface area (Å²) in [4.78, 5) is 30.9. The highest BCUT2D eigenvalue weighted by Gasteiger charge is 2.29. The van der Waals surface area contributed by atoms with Crippen molar-refractivity contribution in [3.05, 3.63) is 68.6 Å². The van der Waals surface area contributed by atoms with Gasteiger partial charge >= 0.3 is 0 Å². The van der Waals surface area contributed by atoms with Gasteiger partial charge in [-0.1, -0.05) is 38.1 Å². The van der Waals surface area contributed by atoms with Gasteiger partial charge < -0.3 is 9.47 Å². The van der Waals surface area contributed by atoms with E-state index in [1.54, 1.807) is 6.07 Å². The molecule has 5 nitrogen and oxygen atoms in total. The van der Waals surface area contributed by atoms with E-state index in [4.69, 9.17) is 0 Å². The molecular formula is C25H33N3O2. The van der Waals surface area contributed by atoms with Crippen LogP contribution in [-0.4, -0.2) is 46.0 Å². The van der Waals surface area contributed by atoms with Crippen molar-refractivity contribution in [2.75, 3.05) is 19.6 Å². The number of likely N-dealkylation sites (N-methyl/N-ethyl adjacent to an activating group) is 1. The zero-order valence-electron chi connectivity index (χ0n) is 18.5. The normalized spacial score (nSPS) is 19.2. The summed E-state index contributed by atoms with van der Waals surface area (Å²) in [6, 6.07) is 10.4. The lowest BCUT2D eigenvalue weighted by Gasteiger charge is -2.31. The molecule has 160 valence electrons. The molecule has 2 aliphatic rings. The molecule has 2 aromatic rings. The van der Waals surface area contributed by atoms with E-state index < -0.39 is 0 Å². The number of aryl methyl sites for hydroxylation is 1. The van der Waals surface area contributed by atoms with E-state index in [0.29, 0.717) is 31.1 Å². The summed E-state index contributed by atoms with van der Waals surface area (Å²) in [6.45, 7) is 10.5. The quantitative estimate of drug-likeness (QED) is 0.763. The van der Waals surface area contributed by atoms with Crippen LogP contribution >= 0.6 is 0 Å².